The number of nitrogens with one attached hydrogen (secondary N) is 1. The third-order valence-electron chi connectivity index (χ3n) is 3.92. The first-order valence-corrected chi connectivity index (χ1v) is 8.35. The van der Waals surface area contributed by atoms with Gasteiger partial charge in [0.05, 0.1) is 18.8 Å². The minimum absolute atomic E-state index is 0.188. The fourth-order valence-electron chi connectivity index (χ4n) is 2.63. The van der Waals surface area contributed by atoms with Gasteiger partial charge in [0.25, 0.3) is 0 Å². The van der Waals surface area contributed by atoms with Crippen molar-refractivity contribution in [3.63, 3.8) is 0 Å². The molecule has 0 aliphatic heterocycles. The van der Waals surface area contributed by atoms with Crippen LogP contribution in [0.3, 0.4) is 0 Å². The lowest BCUT2D eigenvalue weighted by Crippen LogP contribution is -2.28. The van der Waals surface area contributed by atoms with Crippen LogP contribution in [0.15, 0.2) is 85.1 Å². The smallest absolute Gasteiger partial charge is 0.244 e. The van der Waals surface area contributed by atoms with Gasteiger partial charge >= 0.3 is 0 Å². The standard InChI is InChI=1S/C22H20N2O2/c1-26-19-11-7-8-17(16-19)13-14-21(25)24-22(18-9-3-2-4-10-18)20-12-5-6-15-23-20/h2-16,22H,1H3,(H,24,25)/b14-13+. The second-order valence-corrected chi connectivity index (χ2v) is 5.72. The summed E-state index contributed by atoms with van der Waals surface area (Å²) >= 11 is 0. The van der Waals surface area contributed by atoms with Gasteiger partial charge in [0.2, 0.25) is 5.91 Å². The van der Waals surface area contributed by atoms with Crippen LogP contribution in [0, 0.1) is 0 Å². The van der Waals surface area contributed by atoms with Crippen molar-refractivity contribution in [3.8, 4) is 5.75 Å². The number of hydrogen-bond donors (Lipinski definition) is 1. The summed E-state index contributed by atoms with van der Waals surface area (Å²) in [6, 6.07) is 22.7. The molecular weight excluding hydrogens is 324 g/mol. The van der Waals surface area contributed by atoms with Crippen LogP contribution in [0.2, 0.25) is 0 Å². The molecule has 0 spiro atoms. The number of nitrogens with zero attached hydrogens (tertiary/aromatic N) is 1. The normalized spacial score (nSPS) is 11.9. The van der Waals surface area contributed by atoms with Crippen LogP contribution in [-0.2, 0) is 4.79 Å². The highest BCUT2D eigenvalue weighted by Crippen LogP contribution is 2.20. The predicted molar refractivity (Wildman–Crippen MR) is 103 cm³/mol. The van der Waals surface area contributed by atoms with E-state index >= 15 is 0 Å². The molecule has 1 unspecified atom stereocenters. The van der Waals surface area contributed by atoms with Gasteiger partial charge in [0.1, 0.15) is 5.75 Å². The number of methoxy groups -OCH3 is 1. The number of pyridine rings is 1. The lowest BCUT2D eigenvalue weighted by atomic mass is 10.0. The summed E-state index contributed by atoms with van der Waals surface area (Å²) < 4.78 is 5.20. The van der Waals surface area contributed by atoms with Crippen molar-refractivity contribution in [2.75, 3.05) is 7.11 Å². The van der Waals surface area contributed by atoms with Gasteiger partial charge in [-0.05, 0) is 41.5 Å². The molecule has 3 aromatic rings. The molecule has 1 aromatic heterocycles. The van der Waals surface area contributed by atoms with E-state index in [4.69, 9.17) is 4.74 Å². The van der Waals surface area contributed by atoms with Crippen LogP contribution in [0.4, 0.5) is 0 Å². The summed E-state index contributed by atoms with van der Waals surface area (Å²) in [6.45, 7) is 0. The van der Waals surface area contributed by atoms with Gasteiger partial charge in [-0.25, -0.2) is 0 Å². The summed E-state index contributed by atoms with van der Waals surface area (Å²) in [5, 5.41) is 3.03. The van der Waals surface area contributed by atoms with Gasteiger partial charge in [-0.1, -0.05) is 48.5 Å². The summed E-state index contributed by atoms with van der Waals surface area (Å²) in [5.41, 5.74) is 2.67. The van der Waals surface area contributed by atoms with Crippen LogP contribution in [0.5, 0.6) is 5.75 Å². The molecule has 4 heteroatoms. The molecular formula is C22H20N2O2. The van der Waals surface area contributed by atoms with E-state index in [0.717, 1.165) is 22.6 Å². The zero-order valence-electron chi connectivity index (χ0n) is 14.5. The molecule has 4 nitrogen and oxygen atoms in total. The highest BCUT2D eigenvalue weighted by Gasteiger charge is 2.16. The van der Waals surface area contributed by atoms with E-state index in [-0.39, 0.29) is 11.9 Å². The molecule has 130 valence electrons. The second-order valence-electron chi connectivity index (χ2n) is 5.72. The first-order valence-electron chi connectivity index (χ1n) is 8.35. The molecule has 1 N–H and O–H groups in total. The molecule has 1 atom stereocenters. The Morgan fingerprint density at radius 1 is 1.04 bits per heavy atom. The number of carbonyl (C=O) groups excluding carboxylic acids is 1. The summed E-state index contributed by atoms with van der Waals surface area (Å²) in [7, 11) is 1.62. The van der Waals surface area contributed by atoms with Crippen LogP contribution in [-0.4, -0.2) is 18.0 Å². The third-order valence-corrected chi connectivity index (χ3v) is 3.92. The van der Waals surface area contributed by atoms with Crippen molar-refractivity contribution < 1.29 is 9.53 Å². The number of carbonyl (C=O) groups is 1. The number of rotatable bonds is 6. The molecule has 1 amide bonds. The van der Waals surface area contributed by atoms with E-state index in [1.807, 2.05) is 72.8 Å². The van der Waals surface area contributed by atoms with Crippen LogP contribution in [0.25, 0.3) is 6.08 Å². The topological polar surface area (TPSA) is 51.2 Å². The molecule has 3 rings (SSSR count). The largest absolute Gasteiger partial charge is 0.497 e. The Morgan fingerprint density at radius 3 is 2.58 bits per heavy atom. The molecule has 26 heavy (non-hydrogen) atoms. The Bertz CT molecular complexity index is 837. The van der Waals surface area contributed by atoms with E-state index < -0.39 is 0 Å². The molecule has 0 saturated carbocycles. The Labute approximate surface area is 153 Å². The maximum Gasteiger partial charge on any atom is 0.244 e. The fraction of sp³-hybridized carbons (Fsp3) is 0.0909. The Hall–Kier alpha value is -3.40. The molecule has 0 fully saturated rings. The van der Waals surface area contributed by atoms with Gasteiger partial charge in [-0.15, -0.1) is 0 Å². The summed E-state index contributed by atoms with van der Waals surface area (Å²) in [6.07, 6.45) is 5.01. The molecule has 0 aliphatic carbocycles. The zero-order chi connectivity index (χ0) is 18.2. The van der Waals surface area contributed by atoms with Crippen molar-refractivity contribution in [3.05, 3.63) is 102 Å². The molecule has 0 bridgehead atoms. The summed E-state index contributed by atoms with van der Waals surface area (Å²) in [4.78, 5) is 16.9. The quantitative estimate of drug-likeness (QED) is 0.688. The summed E-state index contributed by atoms with van der Waals surface area (Å²) in [5.74, 6) is 0.565. The lowest BCUT2D eigenvalue weighted by molar-refractivity contribution is -0.116. The lowest BCUT2D eigenvalue weighted by Gasteiger charge is -2.17. The Balaban J connectivity index is 1.78. The van der Waals surface area contributed by atoms with Crippen molar-refractivity contribution >= 4 is 12.0 Å². The number of hydrogen-bond acceptors (Lipinski definition) is 3. The number of benzene rings is 2. The predicted octanol–water partition coefficient (Wildman–Crippen LogP) is 4.01. The maximum absolute atomic E-state index is 12.5. The zero-order valence-corrected chi connectivity index (χ0v) is 14.5. The van der Waals surface area contributed by atoms with Gasteiger partial charge in [-0.3, -0.25) is 9.78 Å². The van der Waals surface area contributed by atoms with E-state index in [1.54, 1.807) is 19.4 Å². The number of ether oxygens (including phenoxy) is 1. The maximum atomic E-state index is 12.5. The highest BCUT2D eigenvalue weighted by molar-refractivity contribution is 5.92. The minimum atomic E-state index is -0.306. The Kier molecular flexibility index (Phi) is 5.78. The average molecular weight is 344 g/mol. The van der Waals surface area contributed by atoms with Crippen molar-refractivity contribution in [2.45, 2.75) is 6.04 Å². The van der Waals surface area contributed by atoms with Crippen LogP contribution >= 0.6 is 0 Å². The van der Waals surface area contributed by atoms with Crippen LogP contribution in [0.1, 0.15) is 22.9 Å². The third kappa shape index (κ3) is 4.57. The molecule has 0 saturated heterocycles. The molecule has 1 heterocycles. The molecule has 0 aliphatic rings. The number of aromatic nitrogens is 1. The van der Waals surface area contributed by atoms with E-state index in [9.17, 15) is 4.79 Å². The Morgan fingerprint density at radius 2 is 1.85 bits per heavy atom. The minimum Gasteiger partial charge on any atom is -0.497 e. The SMILES string of the molecule is COc1cccc(/C=C/C(=O)NC(c2ccccc2)c2ccccn2)c1. The number of amides is 1. The highest BCUT2D eigenvalue weighted by atomic mass is 16.5. The van der Waals surface area contributed by atoms with E-state index in [0.29, 0.717) is 0 Å². The average Bonchev–Trinajstić information content (AvgIpc) is 2.72. The molecule has 2 aromatic carbocycles. The fourth-order valence-corrected chi connectivity index (χ4v) is 2.63. The van der Waals surface area contributed by atoms with Crippen molar-refractivity contribution in [2.24, 2.45) is 0 Å². The molecule has 0 radical (unpaired) electrons. The van der Waals surface area contributed by atoms with Crippen LogP contribution < -0.4 is 10.1 Å². The first-order chi connectivity index (χ1) is 12.8. The van der Waals surface area contributed by atoms with Gasteiger partial charge in [0.15, 0.2) is 0 Å². The van der Waals surface area contributed by atoms with Gasteiger partial charge in [-0.2, -0.15) is 0 Å². The monoisotopic (exact) mass is 344 g/mol. The van der Waals surface area contributed by atoms with E-state index in [2.05, 4.69) is 10.3 Å². The second kappa shape index (κ2) is 8.62. The van der Waals surface area contributed by atoms with Gasteiger partial charge < -0.3 is 10.1 Å². The van der Waals surface area contributed by atoms with Gasteiger partial charge in [0, 0.05) is 12.3 Å². The van der Waals surface area contributed by atoms with E-state index in [1.165, 1.54) is 6.08 Å². The van der Waals surface area contributed by atoms with Crippen molar-refractivity contribution in [1.82, 2.24) is 10.3 Å². The van der Waals surface area contributed by atoms with Crippen molar-refractivity contribution in [1.29, 1.82) is 0 Å². The first kappa shape index (κ1) is 17.4.